The Morgan fingerprint density at radius 2 is 1.37 bits per heavy atom. The summed E-state index contributed by atoms with van der Waals surface area (Å²) in [5.41, 5.74) is 4.48. The van der Waals surface area contributed by atoms with Crippen LogP contribution in [0.15, 0.2) is 52.9 Å². The van der Waals surface area contributed by atoms with Gasteiger partial charge in [-0.05, 0) is 36.9 Å². The van der Waals surface area contributed by atoms with E-state index >= 15 is 0 Å². The van der Waals surface area contributed by atoms with E-state index < -0.39 is 0 Å². The zero-order valence-electron chi connectivity index (χ0n) is 11.0. The molecular formula is C18H14O. The van der Waals surface area contributed by atoms with E-state index in [2.05, 4.69) is 62.4 Å². The second kappa shape index (κ2) is 3.61. The highest BCUT2D eigenvalue weighted by Crippen LogP contribution is 2.34. The molecular weight excluding hydrogens is 232 g/mol. The van der Waals surface area contributed by atoms with Crippen molar-refractivity contribution in [2.24, 2.45) is 0 Å². The van der Waals surface area contributed by atoms with E-state index in [0.717, 1.165) is 11.2 Å². The molecule has 0 saturated heterocycles. The Morgan fingerprint density at radius 1 is 0.684 bits per heavy atom. The first-order valence-corrected chi connectivity index (χ1v) is 6.54. The van der Waals surface area contributed by atoms with Gasteiger partial charge in [0.1, 0.15) is 11.2 Å². The van der Waals surface area contributed by atoms with E-state index in [9.17, 15) is 0 Å². The summed E-state index contributed by atoms with van der Waals surface area (Å²) in [6, 6.07) is 17.2. The van der Waals surface area contributed by atoms with E-state index in [0.29, 0.717) is 0 Å². The molecule has 0 aliphatic carbocycles. The third kappa shape index (κ3) is 1.48. The molecule has 19 heavy (non-hydrogen) atoms. The molecule has 0 radical (unpaired) electrons. The van der Waals surface area contributed by atoms with Gasteiger partial charge in [0.05, 0.1) is 0 Å². The normalized spacial score (nSPS) is 11.7. The second-order valence-electron chi connectivity index (χ2n) is 5.27. The maximum absolute atomic E-state index is 6.09. The van der Waals surface area contributed by atoms with E-state index in [-0.39, 0.29) is 0 Å². The van der Waals surface area contributed by atoms with Crippen LogP contribution in [0.3, 0.4) is 0 Å². The van der Waals surface area contributed by atoms with Gasteiger partial charge in [0, 0.05) is 16.2 Å². The van der Waals surface area contributed by atoms with Crippen molar-refractivity contribution in [3.8, 4) is 0 Å². The molecule has 1 heterocycles. The first-order chi connectivity index (χ1) is 9.22. The number of hydrogen-bond donors (Lipinski definition) is 0. The highest BCUT2D eigenvalue weighted by Gasteiger charge is 2.09. The van der Waals surface area contributed by atoms with Gasteiger partial charge in [-0.3, -0.25) is 0 Å². The molecule has 0 atom stereocenters. The third-order valence-corrected chi connectivity index (χ3v) is 3.77. The highest BCUT2D eigenvalue weighted by molar-refractivity contribution is 6.15. The van der Waals surface area contributed by atoms with Gasteiger partial charge in [-0.15, -0.1) is 0 Å². The maximum Gasteiger partial charge on any atom is 0.143 e. The highest BCUT2D eigenvalue weighted by atomic mass is 16.3. The molecule has 92 valence electrons. The summed E-state index contributed by atoms with van der Waals surface area (Å²) < 4.78 is 6.09. The van der Waals surface area contributed by atoms with Crippen molar-refractivity contribution in [2.75, 3.05) is 0 Å². The summed E-state index contributed by atoms with van der Waals surface area (Å²) in [4.78, 5) is 0. The molecule has 0 spiro atoms. The summed E-state index contributed by atoms with van der Waals surface area (Å²) in [7, 11) is 0. The Kier molecular flexibility index (Phi) is 2.02. The Labute approximate surface area is 111 Å². The lowest BCUT2D eigenvalue weighted by molar-refractivity contribution is 0.672. The van der Waals surface area contributed by atoms with E-state index in [1.54, 1.807) is 0 Å². The van der Waals surface area contributed by atoms with Crippen molar-refractivity contribution >= 4 is 32.7 Å². The quantitative estimate of drug-likeness (QED) is 0.407. The lowest BCUT2D eigenvalue weighted by Crippen LogP contribution is -1.76. The number of rotatable bonds is 0. The average Bonchev–Trinajstić information content (AvgIpc) is 2.75. The summed E-state index contributed by atoms with van der Waals surface area (Å²) in [5, 5.41) is 4.83. The molecule has 4 rings (SSSR count). The molecule has 0 N–H and O–H groups in total. The summed E-state index contributed by atoms with van der Waals surface area (Å²) in [6.07, 6.45) is 0. The Bertz CT molecular complexity index is 929. The van der Waals surface area contributed by atoms with Crippen molar-refractivity contribution in [1.29, 1.82) is 0 Å². The minimum absolute atomic E-state index is 0.975. The van der Waals surface area contributed by atoms with Crippen molar-refractivity contribution in [3.63, 3.8) is 0 Å². The smallest absolute Gasteiger partial charge is 0.143 e. The number of hydrogen-bond acceptors (Lipinski definition) is 1. The fourth-order valence-electron chi connectivity index (χ4n) is 2.79. The van der Waals surface area contributed by atoms with Crippen LogP contribution in [0, 0.1) is 13.8 Å². The topological polar surface area (TPSA) is 13.1 Å². The van der Waals surface area contributed by atoms with Crippen molar-refractivity contribution in [3.05, 3.63) is 59.7 Å². The SMILES string of the molecule is Cc1ccc2c(ccc3c4ccc(C)cc4oc23)c1. The van der Waals surface area contributed by atoms with Gasteiger partial charge >= 0.3 is 0 Å². The van der Waals surface area contributed by atoms with Crippen molar-refractivity contribution < 1.29 is 4.42 Å². The minimum atomic E-state index is 0.975. The molecule has 0 amide bonds. The Morgan fingerprint density at radius 3 is 2.21 bits per heavy atom. The standard InChI is InChI=1S/C18H14O/c1-11-3-6-14-13(9-11)5-8-16-15-7-4-12(2)10-17(15)19-18(14)16/h3-10H,1-2H3. The zero-order valence-corrected chi connectivity index (χ0v) is 11.0. The number of furan rings is 1. The van der Waals surface area contributed by atoms with Crippen LogP contribution < -0.4 is 0 Å². The maximum atomic E-state index is 6.09. The third-order valence-electron chi connectivity index (χ3n) is 3.77. The van der Waals surface area contributed by atoms with E-state index in [1.165, 1.54) is 32.7 Å². The van der Waals surface area contributed by atoms with Gasteiger partial charge in [0.15, 0.2) is 0 Å². The average molecular weight is 246 g/mol. The fraction of sp³-hybridized carbons (Fsp3) is 0.111. The van der Waals surface area contributed by atoms with Gasteiger partial charge in [-0.1, -0.05) is 42.0 Å². The van der Waals surface area contributed by atoms with Crippen LogP contribution in [0.1, 0.15) is 11.1 Å². The predicted molar refractivity (Wildman–Crippen MR) is 80.7 cm³/mol. The summed E-state index contributed by atoms with van der Waals surface area (Å²) >= 11 is 0. The largest absolute Gasteiger partial charge is 0.455 e. The van der Waals surface area contributed by atoms with Crippen LogP contribution in [0.25, 0.3) is 32.7 Å². The van der Waals surface area contributed by atoms with Gasteiger partial charge in [0.2, 0.25) is 0 Å². The molecule has 3 aromatic carbocycles. The van der Waals surface area contributed by atoms with Crippen LogP contribution in [0.5, 0.6) is 0 Å². The molecule has 4 aromatic rings. The van der Waals surface area contributed by atoms with Gasteiger partial charge in [-0.25, -0.2) is 0 Å². The summed E-state index contributed by atoms with van der Waals surface area (Å²) in [6.45, 7) is 4.21. The van der Waals surface area contributed by atoms with Gasteiger partial charge in [0.25, 0.3) is 0 Å². The lowest BCUT2D eigenvalue weighted by atomic mass is 10.0. The molecule has 0 aliphatic heterocycles. The molecule has 0 unspecified atom stereocenters. The molecule has 0 aliphatic rings. The van der Waals surface area contributed by atoms with Crippen LogP contribution in [0.2, 0.25) is 0 Å². The molecule has 0 saturated carbocycles. The van der Waals surface area contributed by atoms with Crippen LogP contribution in [-0.2, 0) is 0 Å². The van der Waals surface area contributed by atoms with Crippen LogP contribution >= 0.6 is 0 Å². The van der Waals surface area contributed by atoms with E-state index in [4.69, 9.17) is 4.42 Å². The first-order valence-electron chi connectivity index (χ1n) is 6.54. The molecule has 0 fully saturated rings. The molecule has 1 heteroatoms. The molecule has 0 bridgehead atoms. The van der Waals surface area contributed by atoms with E-state index in [1.807, 2.05) is 0 Å². The predicted octanol–water partition coefficient (Wildman–Crippen LogP) is 5.36. The van der Waals surface area contributed by atoms with Gasteiger partial charge < -0.3 is 4.42 Å². The van der Waals surface area contributed by atoms with Crippen LogP contribution in [-0.4, -0.2) is 0 Å². The Hall–Kier alpha value is -2.28. The first kappa shape index (κ1) is 10.6. The Balaban J connectivity index is 2.24. The number of benzene rings is 3. The second-order valence-corrected chi connectivity index (χ2v) is 5.27. The lowest BCUT2D eigenvalue weighted by Gasteiger charge is -1.99. The monoisotopic (exact) mass is 246 g/mol. The number of fused-ring (bicyclic) bond motifs is 5. The van der Waals surface area contributed by atoms with Crippen molar-refractivity contribution in [1.82, 2.24) is 0 Å². The molecule has 1 aromatic heterocycles. The fourth-order valence-corrected chi connectivity index (χ4v) is 2.79. The minimum Gasteiger partial charge on any atom is -0.455 e. The van der Waals surface area contributed by atoms with Crippen molar-refractivity contribution in [2.45, 2.75) is 13.8 Å². The van der Waals surface area contributed by atoms with Crippen LogP contribution in [0.4, 0.5) is 0 Å². The number of aryl methyl sites for hydroxylation is 2. The molecule has 1 nitrogen and oxygen atoms in total. The zero-order chi connectivity index (χ0) is 13.0. The summed E-state index contributed by atoms with van der Waals surface area (Å²) in [5.74, 6) is 0. The van der Waals surface area contributed by atoms with Gasteiger partial charge in [-0.2, -0.15) is 0 Å².